The van der Waals surface area contributed by atoms with Crippen molar-refractivity contribution in [3.63, 3.8) is 0 Å². The van der Waals surface area contributed by atoms with Crippen molar-refractivity contribution < 1.29 is 9.90 Å². The van der Waals surface area contributed by atoms with Crippen molar-refractivity contribution in [2.45, 2.75) is 39.2 Å². The first-order chi connectivity index (χ1) is 7.63. The Hall–Kier alpha value is -0.610. The summed E-state index contributed by atoms with van der Waals surface area (Å²) in [6, 6.07) is 0.425. The topological polar surface area (TPSA) is 52.6 Å². The second kappa shape index (κ2) is 6.86. The third-order valence-electron chi connectivity index (χ3n) is 3.50. The Morgan fingerprint density at radius 1 is 1.62 bits per heavy atom. The summed E-state index contributed by atoms with van der Waals surface area (Å²) < 4.78 is 0. The van der Waals surface area contributed by atoms with Crippen molar-refractivity contribution in [3.05, 3.63) is 0 Å². The minimum absolute atomic E-state index is 0.217. The van der Waals surface area contributed by atoms with Gasteiger partial charge in [0.1, 0.15) is 0 Å². The molecule has 0 amide bonds. The Kier molecular flexibility index (Phi) is 5.77. The molecule has 1 rings (SSSR count). The van der Waals surface area contributed by atoms with E-state index in [9.17, 15) is 4.79 Å². The Bertz CT molecular complexity index is 221. The maximum absolute atomic E-state index is 10.4. The van der Waals surface area contributed by atoms with Crippen LogP contribution < -0.4 is 5.32 Å². The molecule has 1 heterocycles. The van der Waals surface area contributed by atoms with Crippen molar-refractivity contribution in [2.75, 3.05) is 26.2 Å². The summed E-state index contributed by atoms with van der Waals surface area (Å²) in [7, 11) is 0. The van der Waals surface area contributed by atoms with Gasteiger partial charge in [-0.25, -0.2) is 0 Å². The van der Waals surface area contributed by atoms with E-state index in [2.05, 4.69) is 24.1 Å². The van der Waals surface area contributed by atoms with Crippen LogP contribution in [0.2, 0.25) is 0 Å². The minimum atomic E-state index is -0.724. The van der Waals surface area contributed by atoms with Crippen LogP contribution in [0.4, 0.5) is 0 Å². The highest BCUT2D eigenvalue weighted by Gasteiger charge is 2.23. The van der Waals surface area contributed by atoms with Gasteiger partial charge in [-0.1, -0.05) is 6.92 Å². The van der Waals surface area contributed by atoms with Crippen LogP contribution in [0.3, 0.4) is 0 Å². The van der Waals surface area contributed by atoms with Gasteiger partial charge in [-0.3, -0.25) is 4.79 Å². The quantitative estimate of drug-likeness (QED) is 0.716. The first kappa shape index (κ1) is 13.5. The van der Waals surface area contributed by atoms with Crippen LogP contribution in [0.5, 0.6) is 0 Å². The van der Waals surface area contributed by atoms with E-state index in [4.69, 9.17) is 5.11 Å². The molecule has 0 aliphatic carbocycles. The van der Waals surface area contributed by atoms with Crippen LogP contribution >= 0.6 is 0 Å². The number of nitrogens with zero attached hydrogens (tertiary/aromatic N) is 1. The zero-order chi connectivity index (χ0) is 12.0. The van der Waals surface area contributed by atoms with Gasteiger partial charge in [0.25, 0.3) is 0 Å². The predicted octanol–water partition coefficient (Wildman–Crippen LogP) is 1.17. The highest BCUT2D eigenvalue weighted by molar-refractivity contribution is 5.66. The van der Waals surface area contributed by atoms with Crippen LogP contribution in [0, 0.1) is 5.92 Å². The SMILES string of the molecule is CCN1CCCC(C(C)NCCC(=O)O)C1. The number of rotatable bonds is 6. The molecule has 0 radical (unpaired) electrons. The fourth-order valence-corrected chi connectivity index (χ4v) is 2.36. The number of carboxylic acid groups (broad SMARTS) is 1. The van der Waals surface area contributed by atoms with Gasteiger partial charge in [-0.05, 0) is 38.8 Å². The maximum Gasteiger partial charge on any atom is 0.304 e. The first-order valence-electron chi connectivity index (χ1n) is 6.31. The molecule has 1 aliphatic heterocycles. The molecule has 0 aromatic carbocycles. The van der Waals surface area contributed by atoms with Gasteiger partial charge in [-0.2, -0.15) is 0 Å². The fourth-order valence-electron chi connectivity index (χ4n) is 2.36. The average molecular weight is 228 g/mol. The van der Waals surface area contributed by atoms with E-state index in [1.165, 1.54) is 19.4 Å². The van der Waals surface area contributed by atoms with Gasteiger partial charge in [0.2, 0.25) is 0 Å². The minimum Gasteiger partial charge on any atom is -0.481 e. The Balaban J connectivity index is 2.24. The summed E-state index contributed by atoms with van der Waals surface area (Å²) in [6.07, 6.45) is 2.75. The largest absolute Gasteiger partial charge is 0.481 e. The smallest absolute Gasteiger partial charge is 0.304 e. The first-order valence-corrected chi connectivity index (χ1v) is 6.31. The Labute approximate surface area is 98.0 Å². The Morgan fingerprint density at radius 2 is 2.38 bits per heavy atom. The summed E-state index contributed by atoms with van der Waals surface area (Å²) in [5, 5.41) is 11.9. The standard InChI is InChI=1S/C12H24N2O2/c1-3-14-8-4-5-11(9-14)10(2)13-7-6-12(15)16/h10-11,13H,3-9H2,1-2H3,(H,15,16). The molecule has 94 valence electrons. The molecule has 1 aliphatic rings. The third kappa shape index (κ3) is 4.49. The van der Waals surface area contributed by atoms with E-state index < -0.39 is 5.97 Å². The summed E-state index contributed by atoms with van der Waals surface area (Å²) in [6.45, 7) is 8.45. The van der Waals surface area contributed by atoms with Gasteiger partial charge >= 0.3 is 5.97 Å². The number of hydrogen-bond acceptors (Lipinski definition) is 3. The summed E-state index contributed by atoms with van der Waals surface area (Å²) >= 11 is 0. The molecule has 0 bridgehead atoms. The Morgan fingerprint density at radius 3 is 3.00 bits per heavy atom. The second-order valence-corrected chi connectivity index (χ2v) is 4.68. The number of carboxylic acids is 1. The molecular weight excluding hydrogens is 204 g/mol. The summed E-state index contributed by atoms with van der Waals surface area (Å²) in [5.41, 5.74) is 0. The van der Waals surface area contributed by atoms with E-state index in [1.807, 2.05) is 0 Å². The highest BCUT2D eigenvalue weighted by Crippen LogP contribution is 2.19. The van der Waals surface area contributed by atoms with Crippen molar-refractivity contribution in [1.82, 2.24) is 10.2 Å². The lowest BCUT2D eigenvalue weighted by Crippen LogP contribution is -2.44. The molecule has 4 heteroatoms. The monoisotopic (exact) mass is 228 g/mol. The van der Waals surface area contributed by atoms with Crippen molar-refractivity contribution >= 4 is 5.97 Å². The van der Waals surface area contributed by atoms with Gasteiger partial charge < -0.3 is 15.3 Å². The number of likely N-dealkylation sites (tertiary alicyclic amines) is 1. The lowest BCUT2D eigenvalue weighted by molar-refractivity contribution is -0.136. The van der Waals surface area contributed by atoms with Crippen LogP contribution in [-0.2, 0) is 4.79 Å². The van der Waals surface area contributed by atoms with Crippen molar-refractivity contribution in [1.29, 1.82) is 0 Å². The van der Waals surface area contributed by atoms with Crippen molar-refractivity contribution in [3.8, 4) is 0 Å². The normalized spacial score (nSPS) is 24.2. The van der Waals surface area contributed by atoms with Crippen LogP contribution in [-0.4, -0.2) is 48.2 Å². The van der Waals surface area contributed by atoms with E-state index in [-0.39, 0.29) is 6.42 Å². The van der Waals surface area contributed by atoms with Gasteiger partial charge in [0, 0.05) is 19.1 Å². The van der Waals surface area contributed by atoms with Gasteiger partial charge in [0.15, 0.2) is 0 Å². The number of nitrogens with one attached hydrogen (secondary N) is 1. The zero-order valence-corrected chi connectivity index (χ0v) is 10.4. The van der Waals surface area contributed by atoms with E-state index in [1.54, 1.807) is 0 Å². The molecule has 0 aromatic rings. The maximum atomic E-state index is 10.4. The number of hydrogen-bond donors (Lipinski definition) is 2. The predicted molar refractivity (Wildman–Crippen MR) is 64.6 cm³/mol. The zero-order valence-electron chi connectivity index (χ0n) is 10.4. The summed E-state index contributed by atoms with van der Waals surface area (Å²) in [4.78, 5) is 12.9. The summed E-state index contributed by atoms with van der Waals surface area (Å²) in [5.74, 6) is -0.0546. The average Bonchev–Trinajstić information content (AvgIpc) is 2.28. The number of carbonyl (C=O) groups is 1. The molecular formula is C12H24N2O2. The van der Waals surface area contributed by atoms with E-state index in [0.29, 0.717) is 18.5 Å². The molecule has 1 fully saturated rings. The molecule has 4 nitrogen and oxygen atoms in total. The second-order valence-electron chi connectivity index (χ2n) is 4.68. The molecule has 2 atom stereocenters. The molecule has 0 spiro atoms. The highest BCUT2D eigenvalue weighted by atomic mass is 16.4. The van der Waals surface area contributed by atoms with Crippen LogP contribution in [0.15, 0.2) is 0 Å². The third-order valence-corrected chi connectivity index (χ3v) is 3.50. The molecule has 16 heavy (non-hydrogen) atoms. The van der Waals surface area contributed by atoms with Crippen LogP contribution in [0.25, 0.3) is 0 Å². The molecule has 2 unspecified atom stereocenters. The van der Waals surface area contributed by atoms with E-state index >= 15 is 0 Å². The van der Waals surface area contributed by atoms with Gasteiger partial charge in [0.05, 0.1) is 6.42 Å². The molecule has 2 N–H and O–H groups in total. The molecule has 0 saturated carbocycles. The van der Waals surface area contributed by atoms with Crippen LogP contribution in [0.1, 0.15) is 33.1 Å². The lowest BCUT2D eigenvalue weighted by atomic mass is 9.91. The number of aliphatic carboxylic acids is 1. The van der Waals surface area contributed by atoms with E-state index in [0.717, 1.165) is 13.1 Å². The molecule has 0 aromatic heterocycles. The van der Waals surface area contributed by atoms with Crippen molar-refractivity contribution in [2.24, 2.45) is 5.92 Å². The lowest BCUT2D eigenvalue weighted by Gasteiger charge is -2.35. The molecule has 1 saturated heterocycles. The van der Waals surface area contributed by atoms with Gasteiger partial charge in [-0.15, -0.1) is 0 Å². The fraction of sp³-hybridized carbons (Fsp3) is 0.917. The number of piperidine rings is 1.